The fourth-order valence-electron chi connectivity index (χ4n) is 4.45. The maximum Gasteiger partial charge on any atom is 0.262 e. The fraction of sp³-hybridized carbons (Fsp3) is 0.444. The number of benzene rings is 2. The van der Waals surface area contributed by atoms with E-state index in [1.165, 1.54) is 32.3 Å². The van der Waals surface area contributed by atoms with Crippen molar-refractivity contribution in [1.82, 2.24) is 4.90 Å². The van der Waals surface area contributed by atoms with Crippen LogP contribution in [0.15, 0.2) is 30.3 Å². The fourth-order valence-corrected chi connectivity index (χ4v) is 4.45. The minimum Gasteiger partial charge on any atom is -0.495 e. The Balaban J connectivity index is 1.75. The molecule has 0 spiro atoms. The van der Waals surface area contributed by atoms with Crippen LogP contribution in [0.25, 0.3) is 6.08 Å². The minimum absolute atomic E-state index is 0.0601. The summed E-state index contributed by atoms with van der Waals surface area (Å²) < 4.78 is 43.3. The predicted octanol–water partition coefficient (Wildman–Crippen LogP) is 4.01. The number of halogens is 1. The van der Waals surface area contributed by atoms with Gasteiger partial charge in [-0.2, -0.15) is 0 Å². The van der Waals surface area contributed by atoms with Crippen LogP contribution in [0.3, 0.4) is 0 Å². The van der Waals surface area contributed by atoms with Gasteiger partial charge in [0.1, 0.15) is 17.1 Å². The highest BCUT2D eigenvalue weighted by molar-refractivity contribution is 6.09. The van der Waals surface area contributed by atoms with Crippen molar-refractivity contribution in [3.63, 3.8) is 0 Å². The number of carbonyl (C=O) groups excluding carboxylic acids is 1. The molecule has 0 bridgehead atoms. The lowest BCUT2D eigenvalue weighted by Gasteiger charge is -2.32. The molecular weight excluding hydrogens is 467 g/mol. The van der Waals surface area contributed by atoms with Gasteiger partial charge in [-0.3, -0.25) is 9.69 Å². The highest BCUT2D eigenvalue weighted by Gasteiger charge is 2.31. The van der Waals surface area contributed by atoms with Gasteiger partial charge in [0.2, 0.25) is 0 Å². The van der Waals surface area contributed by atoms with E-state index in [4.69, 9.17) is 23.7 Å². The van der Waals surface area contributed by atoms with E-state index in [1.807, 2.05) is 26.0 Å². The predicted molar refractivity (Wildman–Crippen MR) is 135 cm³/mol. The largest absolute Gasteiger partial charge is 0.495 e. The van der Waals surface area contributed by atoms with Crippen LogP contribution in [0, 0.1) is 5.82 Å². The number of methoxy groups -OCH3 is 3. The lowest BCUT2D eigenvalue weighted by Crippen LogP contribution is -2.43. The molecule has 4 rings (SSSR count). The molecule has 194 valence electrons. The Hall–Kier alpha value is -3.30. The smallest absolute Gasteiger partial charge is 0.262 e. The second-order valence-corrected chi connectivity index (χ2v) is 9.14. The van der Waals surface area contributed by atoms with Crippen LogP contribution in [-0.4, -0.2) is 77.1 Å². The Bertz CT molecular complexity index is 1140. The lowest BCUT2D eigenvalue weighted by atomic mass is 9.99. The number of carbonyl (C=O) groups is 1. The number of anilines is 1. The summed E-state index contributed by atoms with van der Waals surface area (Å²) in [4.78, 5) is 17.6. The first kappa shape index (κ1) is 25.8. The molecule has 0 aromatic heterocycles. The van der Waals surface area contributed by atoms with Gasteiger partial charge in [0.25, 0.3) is 5.91 Å². The summed E-state index contributed by atoms with van der Waals surface area (Å²) in [5.74, 6) is 0.113. The van der Waals surface area contributed by atoms with Crippen molar-refractivity contribution in [2.45, 2.75) is 19.4 Å². The minimum atomic E-state index is -0.672. The van der Waals surface area contributed by atoms with Gasteiger partial charge >= 0.3 is 0 Å². The summed E-state index contributed by atoms with van der Waals surface area (Å²) in [7, 11) is 4.31. The average molecular weight is 501 g/mol. The quantitative estimate of drug-likeness (QED) is 0.542. The summed E-state index contributed by atoms with van der Waals surface area (Å²) in [6, 6.07) is 6.54. The third kappa shape index (κ3) is 5.12. The van der Waals surface area contributed by atoms with Gasteiger partial charge in [0.15, 0.2) is 17.3 Å². The van der Waals surface area contributed by atoms with Gasteiger partial charge in [-0.15, -0.1) is 0 Å². The van der Waals surface area contributed by atoms with Gasteiger partial charge in [-0.25, -0.2) is 4.39 Å². The van der Waals surface area contributed by atoms with Crippen LogP contribution < -0.4 is 23.8 Å². The number of fused-ring (bicyclic) bond motifs is 1. The molecule has 1 saturated heterocycles. The van der Waals surface area contributed by atoms with Gasteiger partial charge in [0, 0.05) is 26.2 Å². The third-order valence-electron chi connectivity index (χ3n) is 6.36. The molecule has 2 aromatic carbocycles. The second-order valence-electron chi connectivity index (χ2n) is 9.14. The number of hydrogen-bond acceptors (Lipinski definition) is 7. The monoisotopic (exact) mass is 500 g/mol. The first-order chi connectivity index (χ1) is 17.3. The van der Waals surface area contributed by atoms with Gasteiger partial charge in [0.05, 0.1) is 51.4 Å². The van der Waals surface area contributed by atoms with E-state index in [-0.39, 0.29) is 23.7 Å². The SMILES string of the molecule is COc1ccc(N(CCN2CCOCC2)C(=O)c2ccc3c(c2OC)C=CC(C)(C)O3)c(F)c1OC. The molecule has 0 atom stereocenters. The molecule has 8 nitrogen and oxygen atoms in total. The van der Waals surface area contributed by atoms with Gasteiger partial charge < -0.3 is 28.6 Å². The number of nitrogens with zero attached hydrogens (tertiary/aromatic N) is 2. The average Bonchev–Trinajstić information content (AvgIpc) is 2.88. The third-order valence-corrected chi connectivity index (χ3v) is 6.36. The second kappa shape index (κ2) is 10.8. The first-order valence-electron chi connectivity index (χ1n) is 11.9. The van der Waals surface area contributed by atoms with Crippen LogP contribution in [0.2, 0.25) is 0 Å². The van der Waals surface area contributed by atoms with Gasteiger partial charge in [-0.1, -0.05) is 0 Å². The Morgan fingerprint density at radius 1 is 1.06 bits per heavy atom. The molecule has 9 heteroatoms. The van der Waals surface area contributed by atoms with Crippen molar-refractivity contribution in [3.05, 3.63) is 47.3 Å². The molecule has 1 amide bonds. The van der Waals surface area contributed by atoms with E-state index in [0.29, 0.717) is 42.4 Å². The summed E-state index contributed by atoms with van der Waals surface area (Å²) >= 11 is 0. The van der Waals surface area contributed by atoms with E-state index >= 15 is 4.39 Å². The number of amides is 1. The summed E-state index contributed by atoms with van der Waals surface area (Å²) in [5, 5.41) is 0. The summed E-state index contributed by atoms with van der Waals surface area (Å²) in [5.41, 5.74) is 0.596. The van der Waals surface area contributed by atoms with E-state index in [0.717, 1.165) is 13.1 Å². The maximum atomic E-state index is 15.7. The zero-order valence-corrected chi connectivity index (χ0v) is 21.4. The van der Waals surface area contributed by atoms with Crippen LogP contribution in [0.1, 0.15) is 29.8 Å². The zero-order chi connectivity index (χ0) is 25.9. The number of morpholine rings is 1. The number of ether oxygens (including phenoxy) is 5. The van der Waals surface area contributed by atoms with E-state index < -0.39 is 17.3 Å². The highest BCUT2D eigenvalue weighted by Crippen LogP contribution is 2.41. The number of rotatable bonds is 8. The Labute approximate surface area is 211 Å². The number of hydrogen-bond donors (Lipinski definition) is 0. The van der Waals surface area contributed by atoms with Crippen molar-refractivity contribution < 1.29 is 32.9 Å². The molecule has 2 heterocycles. The molecular formula is C27H33FN2O6. The van der Waals surface area contributed by atoms with E-state index in [1.54, 1.807) is 18.2 Å². The molecule has 0 aliphatic carbocycles. The Morgan fingerprint density at radius 2 is 1.78 bits per heavy atom. The normalized spacial score (nSPS) is 16.6. The topological polar surface area (TPSA) is 69.7 Å². The van der Waals surface area contributed by atoms with Crippen molar-refractivity contribution in [2.24, 2.45) is 0 Å². The van der Waals surface area contributed by atoms with Crippen molar-refractivity contribution in [2.75, 3.05) is 65.6 Å². The van der Waals surface area contributed by atoms with Crippen LogP contribution in [0.5, 0.6) is 23.0 Å². The zero-order valence-electron chi connectivity index (χ0n) is 21.4. The van der Waals surface area contributed by atoms with Crippen LogP contribution >= 0.6 is 0 Å². The molecule has 0 unspecified atom stereocenters. The van der Waals surface area contributed by atoms with E-state index in [9.17, 15) is 4.79 Å². The standard InChI is InChI=1S/C27H33FN2O6/c1-27(2)11-10-18-21(36-27)8-6-19(24(18)33-4)26(31)30(13-12-29-14-16-35-17-15-29)20-7-9-22(32-3)25(34-5)23(20)28/h6-11H,12-17H2,1-5H3. The molecule has 2 aliphatic heterocycles. The first-order valence-corrected chi connectivity index (χ1v) is 11.9. The molecule has 0 N–H and O–H groups in total. The van der Waals surface area contributed by atoms with Crippen molar-refractivity contribution >= 4 is 17.7 Å². The van der Waals surface area contributed by atoms with E-state index in [2.05, 4.69) is 4.90 Å². The summed E-state index contributed by atoms with van der Waals surface area (Å²) in [6.45, 7) is 7.45. The molecule has 1 fully saturated rings. The molecule has 0 radical (unpaired) electrons. The van der Waals surface area contributed by atoms with Crippen LogP contribution in [-0.2, 0) is 4.74 Å². The Morgan fingerprint density at radius 3 is 2.44 bits per heavy atom. The maximum absolute atomic E-state index is 15.7. The van der Waals surface area contributed by atoms with Crippen molar-refractivity contribution in [1.29, 1.82) is 0 Å². The molecule has 2 aromatic rings. The molecule has 2 aliphatic rings. The molecule has 36 heavy (non-hydrogen) atoms. The Kier molecular flexibility index (Phi) is 7.70. The summed E-state index contributed by atoms with van der Waals surface area (Å²) in [6.07, 6.45) is 3.81. The van der Waals surface area contributed by atoms with Crippen molar-refractivity contribution in [3.8, 4) is 23.0 Å². The lowest BCUT2D eigenvalue weighted by molar-refractivity contribution is 0.0390. The van der Waals surface area contributed by atoms with Gasteiger partial charge in [-0.05, 0) is 50.3 Å². The molecule has 0 saturated carbocycles. The van der Waals surface area contributed by atoms with Crippen LogP contribution in [0.4, 0.5) is 10.1 Å². The highest BCUT2D eigenvalue weighted by atomic mass is 19.1.